The SMILES string of the molecule is CC1(C)OB(c2ccc(-c3sccc3-c3cccs3)s2)OC1(C)C. The summed E-state index contributed by atoms with van der Waals surface area (Å²) >= 11 is 5.34. The van der Waals surface area contributed by atoms with Crippen molar-refractivity contribution in [3.8, 4) is 20.2 Å². The number of rotatable bonds is 3. The highest BCUT2D eigenvalue weighted by molar-refractivity contribution is 7.28. The Bertz CT molecular complexity index is 829. The minimum Gasteiger partial charge on any atom is -0.399 e. The predicted molar refractivity (Wildman–Crippen MR) is 107 cm³/mol. The second-order valence-corrected chi connectivity index (χ2v) is 9.91. The minimum atomic E-state index is -0.299. The summed E-state index contributed by atoms with van der Waals surface area (Å²) in [5.74, 6) is 0. The Morgan fingerprint density at radius 2 is 1.58 bits per heavy atom. The van der Waals surface area contributed by atoms with Gasteiger partial charge in [0.2, 0.25) is 0 Å². The van der Waals surface area contributed by atoms with Crippen LogP contribution in [0.5, 0.6) is 0 Å². The molecule has 1 fully saturated rings. The molecule has 0 aliphatic carbocycles. The largest absolute Gasteiger partial charge is 0.505 e. The lowest BCUT2D eigenvalue weighted by molar-refractivity contribution is 0.00578. The van der Waals surface area contributed by atoms with Gasteiger partial charge in [0.1, 0.15) is 0 Å². The van der Waals surface area contributed by atoms with E-state index in [2.05, 4.69) is 68.8 Å². The van der Waals surface area contributed by atoms with Gasteiger partial charge in [-0.1, -0.05) is 12.1 Å². The average molecular weight is 374 g/mol. The molecule has 3 aromatic heterocycles. The van der Waals surface area contributed by atoms with Crippen molar-refractivity contribution in [3.63, 3.8) is 0 Å². The maximum Gasteiger partial charge on any atom is 0.505 e. The van der Waals surface area contributed by atoms with Crippen LogP contribution in [0.1, 0.15) is 27.7 Å². The normalized spacial score (nSPS) is 19.1. The molecular weight excluding hydrogens is 355 g/mol. The van der Waals surface area contributed by atoms with Crippen molar-refractivity contribution < 1.29 is 9.31 Å². The van der Waals surface area contributed by atoms with Crippen LogP contribution in [0.3, 0.4) is 0 Å². The van der Waals surface area contributed by atoms with Crippen LogP contribution in [0.15, 0.2) is 41.1 Å². The van der Waals surface area contributed by atoms with Gasteiger partial charge < -0.3 is 9.31 Å². The lowest BCUT2D eigenvalue weighted by Crippen LogP contribution is -2.41. The van der Waals surface area contributed by atoms with Gasteiger partial charge in [-0.15, -0.1) is 34.0 Å². The van der Waals surface area contributed by atoms with Gasteiger partial charge in [0.05, 0.1) is 16.1 Å². The van der Waals surface area contributed by atoms with Crippen LogP contribution in [-0.4, -0.2) is 18.3 Å². The zero-order chi connectivity index (χ0) is 16.9. The summed E-state index contributed by atoms with van der Waals surface area (Å²) < 4.78 is 13.5. The van der Waals surface area contributed by atoms with Crippen LogP contribution < -0.4 is 4.78 Å². The lowest BCUT2D eigenvalue weighted by Gasteiger charge is -2.32. The van der Waals surface area contributed by atoms with E-state index in [1.54, 1.807) is 34.0 Å². The molecule has 1 aliphatic heterocycles. The molecule has 0 amide bonds. The molecule has 2 nitrogen and oxygen atoms in total. The van der Waals surface area contributed by atoms with Crippen molar-refractivity contribution in [2.45, 2.75) is 38.9 Å². The van der Waals surface area contributed by atoms with E-state index in [0.717, 1.165) is 4.78 Å². The third-order valence-corrected chi connectivity index (χ3v) is 7.89. The van der Waals surface area contributed by atoms with E-state index in [9.17, 15) is 0 Å². The molecule has 0 atom stereocenters. The molecule has 0 bridgehead atoms. The van der Waals surface area contributed by atoms with Crippen LogP contribution in [-0.2, 0) is 9.31 Å². The van der Waals surface area contributed by atoms with E-state index < -0.39 is 0 Å². The van der Waals surface area contributed by atoms with Gasteiger partial charge in [-0.25, -0.2) is 0 Å². The Balaban J connectivity index is 1.65. The molecule has 1 aliphatic rings. The molecule has 0 N–H and O–H groups in total. The first-order chi connectivity index (χ1) is 11.4. The number of thiophene rings is 3. The third kappa shape index (κ3) is 2.70. The molecule has 4 heterocycles. The Morgan fingerprint density at radius 3 is 2.25 bits per heavy atom. The van der Waals surface area contributed by atoms with Crippen molar-refractivity contribution in [1.29, 1.82) is 0 Å². The van der Waals surface area contributed by atoms with Gasteiger partial charge in [0, 0.05) is 20.1 Å². The molecule has 0 radical (unpaired) electrons. The number of hydrogen-bond acceptors (Lipinski definition) is 5. The second-order valence-electron chi connectivity index (χ2n) is 6.93. The van der Waals surface area contributed by atoms with Crippen LogP contribution >= 0.6 is 34.0 Å². The van der Waals surface area contributed by atoms with E-state index in [1.165, 1.54) is 20.2 Å². The standard InChI is InChI=1S/C18H19BO2S3/c1-17(2)18(3,4)21-19(20-17)15-8-7-14(24-15)16-12(9-11-23-16)13-6-5-10-22-13/h5-11H,1-4H3. The Hall–Kier alpha value is -0.915. The van der Waals surface area contributed by atoms with Gasteiger partial charge in [0.15, 0.2) is 0 Å². The van der Waals surface area contributed by atoms with E-state index in [0.29, 0.717) is 0 Å². The van der Waals surface area contributed by atoms with Crippen molar-refractivity contribution in [2.75, 3.05) is 0 Å². The summed E-state index contributed by atoms with van der Waals surface area (Å²) in [6.45, 7) is 8.37. The first kappa shape index (κ1) is 16.5. The molecule has 3 aromatic rings. The highest BCUT2D eigenvalue weighted by Gasteiger charge is 2.52. The van der Waals surface area contributed by atoms with Gasteiger partial charge in [-0.05, 0) is 56.7 Å². The van der Waals surface area contributed by atoms with Crippen LogP contribution in [0.25, 0.3) is 20.2 Å². The molecular formula is C18H19BO2S3. The smallest absolute Gasteiger partial charge is 0.399 e. The first-order valence-electron chi connectivity index (χ1n) is 7.94. The molecule has 0 unspecified atom stereocenters. The maximum atomic E-state index is 6.18. The maximum absolute atomic E-state index is 6.18. The fraction of sp³-hybridized carbons (Fsp3) is 0.333. The summed E-state index contributed by atoms with van der Waals surface area (Å²) in [6.07, 6.45) is 0. The average Bonchev–Trinajstić information content (AvgIpc) is 3.26. The molecule has 0 saturated carbocycles. The topological polar surface area (TPSA) is 18.5 Å². The highest BCUT2D eigenvalue weighted by atomic mass is 32.1. The number of hydrogen-bond donors (Lipinski definition) is 0. The zero-order valence-electron chi connectivity index (χ0n) is 14.2. The summed E-state index contributed by atoms with van der Waals surface area (Å²) in [7, 11) is -0.279. The summed E-state index contributed by atoms with van der Waals surface area (Å²) in [5, 5.41) is 4.29. The van der Waals surface area contributed by atoms with E-state index in [-0.39, 0.29) is 18.3 Å². The molecule has 4 rings (SSSR count). The monoisotopic (exact) mass is 374 g/mol. The third-order valence-electron chi connectivity index (χ3n) is 4.79. The van der Waals surface area contributed by atoms with Gasteiger partial charge in [-0.3, -0.25) is 0 Å². The Labute approximate surface area is 155 Å². The Kier molecular flexibility index (Phi) is 4.01. The molecule has 6 heteroatoms. The highest BCUT2D eigenvalue weighted by Crippen LogP contribution is 2.41. The van der Waals surface area contributed by atoms with E-state index in [4.69, 9.17) is 9.31 Å². The van der Waals surface area contributed by atoms with Crippen LogP contribution in [0.4, 0.5) is 0 Å². The zero-order valence-corrected chi connectivity index (χ0v) is 16.6. The lowest BCUT2D eigenvalue weighted by atomic mass is 9.88. The van der Waals surface area contributed by atoms with Crippen molar-refractivity contribution in [2.24, 2.45) is 0 Å². The summed E-state index contributed by atoms with van der Waals surface area (Å²) in [4.78, 5) is 3.92. The van der Waals surface area contributed by atoms with Crippen molar-refractivity contribution >= 4 is 45.9 Å². The van der Waals surface area contributed by atoms with E-state index >= 15 is 0 Å². The van der Waals surface area contributed by atoms with Gasteiger partial charge in [0.25, 0.3) is 0 Å². The Morgan fingerprint density at radius 1 is 0.833 bits per heavy atom. The van der Waals surface area contributed by atoms with Gasteiger partial charge in [-0.2, -0.15) is 0 Å². The fourth-order valence-electron chi connectivity index (χ4n) is 2.69. The molecule has 24 heavy (non-hydrogen) atoms. The fourth-order valence-corrected chi connectivity index (χ4v) is 5.53. The molecule has 1 saturated heterocycles. The van der Waals surface area contributed by atoms with E-state index in [1.807, 2.05) is 0 Å². The second kappa shape index (κ2) is 5.82. The molecule has 124 valence electrons. The first-order valence-corrected chi connectivity index (χ1v) is 10.5. The van der Waals surface area contributed by atoms with Gasteiger partial charge >= 0.3 is 7.12 Å². The molecule has 0 aromatic carbocycles. The van der Waals surface area contributed by atoms with Crippen LogP contribution in [0, 0.1) is 0 Å². The predicted octanol–water partition coefficient (Wildman–Crippen LogP) is 5.50. The van der Waals surface area contributed by atoms with Crippen molar-refractivity contribution in [3.05, 3.63) is 41.1 Å². The quantitative estimate of drug-likeness (QED) is 0.563. The summed E-state index contributed by atoms with van der Waals surface area (Å²) in [6, 6.07) is 10.8. The minimum absolute atomic E-state index is 0.279. The van der Waals surface area contributed by atoms with Crippen molar-refractivity contribution in [1.82, 2.24) is 0 Å². The molecule has 0 spiro atoms. The summed E-state index contributed by atoms with van der Waals surface area (Å²) in [5.41, 5.74) is 0.720. The van der Waals surface area contributed by atoms with Crippen LogP contribution in [0.2, 0.25) is 0 Å².